The molecule has 0 atom stereocenters. The summed E-state index contributed by atoms with van der Waals surface area (Å²) in [5, 5.41) is 8.25. The van der Waals surface area contributed by atoms with Crippen LogP contribution in [0.15, 0.2) is 82.6 Å². The summed E-state index contributed by atoms with van der Waals surface area (Å²) in [5.74, 6) is 0. The van der Waals surface area contributed by atoms with Crippen LogP contribution in [0, 0.1) is 0 Å². The fourth-order valence-electron chi connectivity index (χ4n) is 2.97. The molecule has 0 aromatic heterocycles. The molecule has 3 rings (SSSR count). The first-order chi connectivity index (χ1) is 14.1. The molecule has 0 spiro atoms. The van der Waals surface area contributed by atoms with E-state index in [0.29, 0.717) is 5.69 Å². The van der Waals surface area contributed by atoms with Gasteiger partial charge in [0.2, 0.25) is 10.0 Å². The van der Waals surface area contributed by atoms with Gasteiger partial charge in [0.1, 0.15) is 15.0 Å². The number of benzene rings is 3. The second kappa shape index (κ2) is 10.1. The molecular weight excluding hydrogens is 449 g/mol. The van der Waals surface area contributed by atoms with Crippen molar-refractivity contribution >= 4 is 37.2 Å². The maximum absolute atomic E-state index is 12.2. The van der Waals surface area contributed by atoms with Crippen LogP contribution in [-0.2, 0) is 26.7 Å². The van der Waals surface area contributed by atoms with Crippen molar-refractivity contribution in [2.75, 3.05) is 17.3 Å². The molecule has 0 aliphatic carbocycles. The first-order valence-electron chi connectivity index (χ1n) is 8.80. The van der Waals surface area contributed by atoms with Crippen molar-refractivity contribution < 1.29 is 50.9 Å². The van der Waals surface area contributed by atoms with E-state index in [9.17, 15) is 21.4 Å². The van der Waals surface area contributed by atoms with Gasteiger partial charge in [0.15, 0.2) is 0 Å². The molecule has 3 N–H and O–H groups in total. The summed E-state index contributed by atoms with van der Waals surface area (Å²) in [5.41, 5.74) is 1.61. The molecule has 3 aromatic rings. The van der Waals surface area contributed by atoms with E-state index in [1.807, 2.05) is 30.3 Å². The fourth-order valence-corrected chi connectivity index (χ4v) is 4.48. The average Bonchev–Trinajstić information content (AvgIpc) is 2.71. The Bertz CT molecular complexity index is 1250. The summed E-state index contributed by atoms with van der Waals surface area (Å²) in [4.78, 5) is 0.399. The van der Waals surface area contributed by atoms with Crippen LogP contribution in [-0.4, -0.2) is 28.4 Å². The Morgan fingerprint density at radius 1 is 0.903 bits per heavy atom. The molecule has 0 saturated carbocycles. The van der Waals surface area contributed by atoms with Gasteiger partial charge < -0.3 is 14.8 Å². The molecule has 0 aliphatic rings. The Morgan fingerprint density at radius 3 is 1.97 bits per heavy atom. The van der Waals surface area contributed by atoms with Gasteiger partial charge in [-0.05, 0) is 29.8 Å². The Morgan fingerprint density at radius 2 is 1.45 bits per heavy atom. The van der Waals surface area contributed by atoms with Crippen LogP contribution in [0.3, 0.4) is 0 Å². The summed E-state index contributed by atoms with van der Waals surface area (Å²) in [6, 6.07) is 20.1. The van der Waals surface area contributed by atoms with Crippen molar-refractivity contribution in [2.24, 2.45) is 5.14 Å². The summed E-state index contributed by atoms with van der Waals surface area (Å²) in [6.45, 7) is 0.229. The standard InChI is InChI=1S/C20H21N3O5S2.Na/c1-23(16-10-6-3-7-11-16)18-12-17(22-14-15-8-4-2-5-9-15)19(30(26,27)28)13-20(18)29(21,24)25;/h2-13,22H,14H2,1H3,(H2,21,24,25)(H,26,27,28);/q;+1/p-1. The van der Waals surface area contributed by atoms with Crippen LogP contribution < -0.4 is 44.9 Å². The molecule has 11 heteroatoms. The smallest absolute Gasteiger partial charge is 0.744 e. The molecule has 0 saturated heterocycles. The van der Waals surface area contributed by atoms with Crippen LogP contribution in [0.1, 0.15) is 5.56 Å². The quantitative estimate of drug-likeness (QED) is 0.356. The van der Waals surface area contributed by atoms with Crippen LogP contribution in [0.2, 0.25) is 0 Å². The van der Waals surface area contributed by atoms with Crippen molar-refractivity contribution in [3.05, 3.63) is 78.4 Å². The van der Waals surface area contributed by atoms with E-state index < -0.39 is 29.9 Å². The van der Waals surface area contributed by atoms with Gasteiger partial charge in [-0.15, -0.1) is 0 Å². The molecule has 3 aromatic carbocycles. The van der Waals surface area contributed by atoms with Crippen LogP contribution in [0.25, 0.3) is 0 Å². The number of hydrogen-bond donors (Lipinski definition) is 2. The molecule has 0 bridgehead atoms. The zero-order valence-corrected chi connectivity index (χ0v) is 20.7. The number of nitrogens with two attached hydrogens (primary N) is 1. The molecular formula is C20H20N3NaO5S2. The van der Waals surface area contributed by atoms with Gasteiger partial charge in [0, 0.05) is 19.3 Å². The third-order valence-corrected chi connectivity index (χ3v) is 6.28. The third-order valence-electron chi connectivity index (χ3n) is 4.47. The topological polar surface area (TPSA) is 133 Å². The Kier molecular flexibility index (Phi) is 8.28. The van der Waals surface area contributed by atoms with Gasteiger partial charge in [-0.2, -0.15) is 0 Å². The largest absolute Gasteiger partial charge is 1.00 e. The molecule has 0 radical (unpaired) electrons. The number of rotatable bonds is 7. The van der Waals surface area contributed by atoms with Gasteiger partial charge in [-0.3, -0.25) is 0 Å². The minimum atomic E-state index is -4.98. The van der Waals surface area contributed by atoms with E-state index in [0.717, 1.165) is 11.6 Å². The van der Waals surface area contributed by atoms with Crippen molar-refractivity contribution in [1.82, 2.24) is 0 Å². The van der Waals surface area contributed by atoms with E-state index in [1.54, 1.807) is 42.3 Å². The number of nitrogens with zero attached hydrogens (tertiary/aromatic N) is 1. The molecule has 0 amide bonds. The van der Waals surface area contributed by atoms with E-state index in [-0.39, 0.29) is 47.5 Å². The minimum Gasteiger partial charge on any atom is -0.744 e. The second-order valence-electron chi connectivity index (χ2n) is 6.55. The van der Waals surface area contributed by atoms with Crippen LogP contribution in [0.4, 0.5) is 17.1 Å². The van der Waals surface area contributed by atoms with Crippen LogP contribution in [0.5, 0.6) is 0 Å². The Balaban J connectivity index is 0.00000341. The molecule has 158 valence electrons. The molecule has 0 heterocycles. The number of primary sulfonamides is 1. The van der Waals surface area contributed by atoms with E-state index in [1.165, 1.54) is 6.07 Å². The van der Waals surface area contributed by atoms with Crippen molar-refractivity contribution in [1.29, 1.82) is 0 Å². The summed E-state index contributed by atoms with van der Waals surface area (Å²) in [7, 11) is -7.69. The summed E-state index contributed by atoms with van der Waals surface area (Å²) in [6.07, 6.45) is 0. The van der Waals surface area contributed by atoms with Crippen molar-refractivity contribution in [2.45, 2.75) is 16.3 Å². The molecule has 31 heavy (non-hydrogen) atoms. The monoisotopic (exact) mass is 469 g/mol. The number of sulfonamides is 1. The number of hydrogen-bond acceptors (Lipinski definition) is 7. The normalized spacial score (nSPS) is 11.5. The summed E-state index contributed by atoms with van der Waals surface area (Å²) < 4.78 is 59.9. The van der Waals surface area contributed by atoms with Crippen molar-refractivity contribution in [3.63, 3.8) is 0 Å². The second-order valence-corrected chi connectivity index (χ2v) is 9.43. The zero-order valence-electron chi connectivity index (χ0n) is 17.0. The number of anilines is 3. The first-order valence-corrected chi connectivity index (χ1v) is 11.8. The Labute approximate surface area is 204 Å². The minimum absolute atomic E-state index is 0. The predicted octanol–water partition coefficient (Wildman–Crippen LogP) is -0.378. The number of nitrogens with one attached hydrogen (secondary N) is 1. The first kappa shape index (κ1) is 25.3. The van der Waals surface area contributed by atoms with Gasteiger partial charge in [0.05, 0.1) is 16.3 Å². The fraction of sp³-hybridized carbons (Fsp3) is 0.100. The van der Waals surface area contributed by atoms with E-state index in [2.05, 4.69) is 5.32 Å². The molecule has 0 unspecified atom stereocenters. The predicted molar refractivity (Wildman–Crippen MR) is 114 cm³/mol. The van der Waals surface area contributed by atoms with Crippen LogP contribution >= 0.6 is 0 Å². The van der Waals surface area contributed by atoms with E-state index >= 15 is 0 Å². The Hall–Kier alpha value is -1.92. The van der Waals surface area contributed by atoms with Gasteiger partial charge in [-0.1, -0.05) is 48.5 Å². The van der Waals surface area contributed by atoms with Gasteiger partial charge >= 0.3 is 29.6 Å². The maximum Gasteiger partial charge on any atom is 1.00 e. The maximum atomic E-state index is 12.2. The SMILES string of the molecule is CN(c1ccccc1)c1cc(NCc2ccccc2)c(S(=O)(=O)[O-])cc1S(N)(=O)=O.[Na+]. The zero-order chi connectivity index (χ0) is 21.9. The van der Waals surface area contributed by atoms with E-state index in [4.69, 9.17) is 5.14 Å². The van der Waals surface area contributed by atoms with Crippen molar-refractivity contribution in [3.8, 4) is 0 Å². The molecule has 8 nitrogen and oxygen atoms in total. The van der Waals surface area contributed by atoms with Gasteiger partial charge in [0.25, 0.3) is 0 Å². The molecule has 0 fully saturated rings. The molecule has 0 aliphatic heterocycles. The average molecular weight is 470 g/mol. The van der Waals surface area contributed by atoms with Gasteiger partial charge in [-0.25, -0.2) is 22.0 Å². The number of para-hydroxylation sites is 1. The summed E-state index contributed by atoms with van der Waals surface area (Å²) >= 11 is 0. The third kappa shape index (κ3) is 6.30.